The number of rotatable bonds is 4. The molecule has 3 aromatic rings. The van der Waals surface area contributed by atoms with Crippen molar-refractivity contribution in [3.8, 4) is 5.82 Å². The first-order valence-electron chi connectivity index (χ1n) is 10.2. The van der Waals surface area contributed by atoms with Gasteiger partial charge in [-0.1, -0.05) is 6.07 Å². The summed E-state index contributed by atoms with van der Waals surface area (Å²) in [6.07, 6.45) is -1.51. The molecule has 1 saturated heterocycles. The van der Waals surface area contributed by atoms with Gasteiger partial charge in [-0.05, 0) is 44.3 Å². The second-order valence-corrected chi connectivity index (χ2v) is 7.72. The third kappa shape index (κ3) is 4.45. The van der Waals surface area contributed by atoms with Crippen molar-refractivity contribution in [1.29, 1.82) is 0 Å². The minimum absolute atomic E-state index is 0.124. The van der Waals surface area contributed by atoms with Gasteiger partial charge in [0, 0.05) is 32.4 Å². The molecule has 1 aliphatic rings. The molecule has 0 atom stereocenters. The Morgan fingerprint density at radius 1 is 1.09 bits per heavy atom. The second-order valence-electron chi connectivity index (χ2n) is 7.72. The Balaban J connectivity index is 1.65. The number of amides is 1. The van der Waals surface area contributed by atoms with Crippen LogP contribution < -0.4 is 10.2 Å². The number of alkyl halides is 3. The summed E-state index contributed by atoms with van der Waals surface area (Å²) in [4.78, 5) is 21.4. The lowest BCUT2D eigenvalue weighted by atomic mass is 10.1. The maximum atomic E-state index is 13.4. The van der Waals surface area contributed by atoms with Crippen molar-refractivity contribution in [3.05, 3.63) is 65.6 Å². The predicted octanol–water partition coefficient (Wildman–Crippen LogP) is 3.60. The molecule has 1 fully saturated rings. The number of nitrogens with one attached hydrogen (secondary N) is 1. The molecule has 7 nitrogen and oxygen atoms in total. The molecule has 0 aliphatic carbocycles. The van der Waals surface area contributed by atoms with Crippen LogP contribution in [0.5, 0.6) is 0 Å². The number of likely N-dealkylation sites (N-methyl/N-ethyl adjacent to an activating group) is 1. The van der Waals surface area contributed by atoms with Crippen LogP contribution in [0.15, 0.2) is 48.8 Å². The molecular formula is C22H23F3N6O. The molecule has 1 aliphatic heterocycles. The molecule has 0 bridgehead atoms. The predicted molar refractivity (Wildman–Crippen MR) is 115 cm³/mol. The lowest BCUT2D eigenvalue weighted by Gasteiger charge is -2.35. The van der Waals surface area contributed by atoms with E-state index in [4.69, 9.17) is 0 Å². The van der Waals surface area contributed by atoms with Gasteiger partial charge in [0.15, 0.2) is 5.82 Å². The summed E-state index contributed by atoms with van der Waals surface area (Å²) in [5.41, 5.74) is 0.673. The number of aromatic nitrogens is 3. The highest BCUT2D eigenvalue weighted by molar-refractivity contribution is 6.06. The third-order valence-electron chi connectivity index (χ3n) is 5.54. The number of halogens is 3. The Morgan fingerprint density at radius 3 is 2.50 bits per heavy atom. The highest BCUT2D eigenvalue weighted by atomic mass is 19.4. The van der Waals surface area contributed by atoms with Crippen LogP contribution >= 0.6 is 0 Å². The van der Waals surface area contributed by atoms with Crippen LogP contribution in [-0.4, -0.2) is 58.8 Å². The zero-order chi connectivity index (χ0) is 22.9. The molecule has 1 amide bonds. The minimum atomic E-state index is -4.51. The number of hydrogen-bond acceptors (Lipinski definition) is 5. The number of anilines is 2. The molecule has 1 aromatic carbocycles. The van der Waals surface area contributed by atoms with Crippen molar-refractivity contribution in [2.24, 2.45) is 0 Å². The molecule has 3 heterocycles. The van der Waals surface area contributed by atoms with Crippen LogP contribution in [0.1, 0.15) is 21.6 Å². The Hall–Kier alpha value is -3.40. The highest BCUT2D eigenvalue weighted by Gasteiger charge is 2.32. The molecule has 168 valence electrons. The summed E-state index contributed by atoms with van der Waals surface area (Å²) in [6.45, 7) is 4.58. The fourth-order valence-corrected chi connectivity index (χ4v) is 3.67. The van der Waals surface area contributed by atoms with E-state index in [0.29, 0.717) is 30.3 Å². The fourth-order valence-electron chi connectivity index (χ4n) is 3.67. The maximum Gasteiger partial charge on any atom is 0.416 e. The Kier molecular flexibility index (Phi) is 5.88. The normalized spacial score (nSPS) is 15.1. The first kappa shape index (κ1) is 21.8. The largest absolute Gasteiger partial charge is 0.416 e. The van der Waals surface area contributed by atoms with Gasteiger partial charge < -0.3 is 15.1 Å². The maximum absolute atomic E-state index is 13.4. The number of nitrogens with zero attached hydrogens (tertiary/aromatic N) is 5. The molecule has 0 radical (unpaired) electrons. The highest BCUT2D eigenvalue weighted by Crippen LogP contribution is 2.36. The molecular weight excluding hydrogens is 421 g/mol. The Bertz CT molecular complexity index is 1100. The van der Waals surface area contributed by atoms with E-state index < -0.39 is 17.6 Å². The van der Waals surface area contributed by atoms with E-state index in [2.05, 4.69) is 20.3 Å². The van der Waals surface area contributed by atoms with Crippen molar-refractivity contribution in [2.75, 3.05) is 43.4 Å². The summed E-state index contributed by atoms with van der Waals surface area (Å²) in [7, 11) is 1.99. The summed E-state index contributed by atoms with van der Waals surface area (Å²) < 4.78 is 41.6. The van der Waals surface area contributed by atoms with Gasteiger partial charge in [-0.15, -0.1) is 0 Å². The van der Waals surface area contributed by atoms with Gasteiger partial charge >= 0.3 is 6.18 Å². The zero-order valence-corrected chi connectivity index (χ0v) is 17.7. The smallest absolute Gasteiger partial charge is 0.367 e. The number of pyridine rings is 1. The van der Waals surface area contributed by atoms with Crippen LogP contribution in [0.2, 0.25) is 0 Å². The molecule has 0 spiro atoms. The number of carbonyl (C=O) groups is 1. The van der Waals surface area contributed by atoms with Crippen LogP contribution in [0.3, 0.4) is 0 Å². The Morgan fingerprint density at radius 2 is 1.84 bits per heavy atom. The van der Waals surface area contributed by atoms with Crippen LogP contribution in [0.4, 0.5) is 24.5 Å². The van der Waals surface area contributed by atoms with E-state index in [-0.39, 0.29) is 11.3 Å². The van der Waals surface area contributed by atoms with Crippen molar-refractivity contribution < 1.29 is 18.0 Å². The summed E-state index contributed by atoms with van der Waals surface area (Å²) >= 11 is 0. The first-order valence-corrected chi connectivity index (χ1v) is 10.2. The van der Waals surface area contributed by atoms with Gasteiger partial charge in [-0.2, -0.15) is 18.3 Å². The van der Waals surface area contributed by atoms with Crippen LogP contribution in [-0.2, 0) is 6.18 Å². The Labute approximate surface area is 183 Å². The van der Waals surface area contributed by atoms with Crippen molar-refractivity contribution in [3.63, 3.8) is 0 Å². The third-order valence-corrected chi connectivity index (χ3v) is 5.54. The summed E-state index contributed by atoms with van der Waals surface area (Å²) in [6, 6.07) is 8.78. The molecule has 10 heteroatoms. The average Bonchev–Trinajstić information content (AvgIpc) is 3.16. The number of piperazine rings is 1. The molecule has 32 heavy (non-hydrogen) atoms. The van der Waals surface area contributed by atoms with Gasteiger partial charge in [-0.3, -0.25) is 4.79 Å². The van der Waals surface area contributed by atoms with Crippen LogP contribution in [0, 0.1) is 6.92 Å². The van der Waals surface area contributed by atoms with Crippen molar-refractivity contribution in [1.82, 2.24) is 19.7 Å². The number of benzene rings is 1. The van der Waals surface area contributed by atoms with Gasteiger partial charge in [0.1, 0.15) is 0 Å². The first-order chi connectivity index (χ1) is 15.2. The van der Waals surface area contributed by atoms with Crippen molar-refractivity contribution in [2.45, 2.75) is 13.1 Å². The lowest BCUT2D eigenvalue weighted by molar-refractivity contribution is -0.137. The van der Waals surface area contributed by atoms with E-state index >= 15 is 0 Å². The standard InChI is InChI=1S/C22H23F3N6O/c1-15-17(14-27-31(15)20-5-3-4-8-26-20)21(32)28-18-13-16(22(23,24)25)6-7-19(18)30-11-9-29(2)10-12-30/h3-8,13-14H,9-12H2,1-2H3,(H,28,32). The molecule has 2 aromatic heterocycles. The fraction of sp³-hybridized carbons (Fsp3) is 0.318. The lowest BCUT2D eigenvalue weighted by Crippen LogP contribution is -2.44. The van der Waals surface area contributed by atoms with E-state index in [1.54, 1.807) is 31.3 Å². The molecule has 0 saturated carbocycles. The zero-order valence-electron chi connectivity index (χ0n) is 17.7. The van der Waals surface area contributed by atoms with Crippen molar-refractivity contribution >= 4 is 17.3 Å². The van der Waals surface area contributed by atoms with Gasteiger partial charge in [-0.25, -0.2) is 9.67 Å². The number of carbonyl (C=O) groups excluding carboxylic acids is 1. The van der Waals surface area contributed by atoms with Crippen LogP contribution in [0.25, 0.3) is 5.82 Å². The van der Waals surface area contributed by atoms with Gasteiger partial charge in [0.05, 0.1) is 34.4 Å². The monoisotopic (exact) mass is 444 g/mol. The molecule has 4 rings (SSSR count). The van der Waals surface area contributed by atoms with E-state index in [1.165, 1.54) is 16.9 Å². The number of hydrogen-bond donors (Lipinski definition) is 1. The van der Waals surface area contributed by atoms with E-state index in [1.807, 2.05) is 11.9 Å². The molecule has 0 unspecified atom stereocenters. The van der Waals surface area contributed by atoms with Gasteiger partial charge in [0.25, 0.3) is 5.91 Å². The average molecular weight is 444 g/mol. The summed E-state index contributed by atoms with van der Waals surface area (Å²) in [5.74, 6) is 0.0145. The SMILES string of the molecule is Cc1c(C(=O)Nc2cc(C(F)(F)F)ccc2N2CCN(C)CC2)cnn1-c1ccccn1. The summed E-state index contributed by atoms with van der Waals surface area (Å²) in [5, 5.41) is 6.91. The second kappa shape index (κ2) is 8.62. The molecule has 1 N–H and O–H groups in total. The van der Waals surface area contributed by atoms with E-state index in [9.17, 15) is 18.0 Å². The van der Waals surface area contributed by atoms with E-state index in [0.717, 1.165) is 25.2 Å². The quantitative estimate of drug-likeness (QED) is 0.666. The van der Waals surface area contributed by atoms with Gasteiger partial charge in [0.2, 0.25) is 0 Å². The minimum Gasteiger partial charge on any atom is -0.367 e. The topological polar surface area (TPSA) is 66.3 Å².